The number of fused-ring (bicyclic) bond motifs is 1. The van der Waals surface area contributed by atoms with Gasteiger partial charge in [-0.1, -0.05) is 18.4 Å². The van der Waals surface area contributed by atoms with E-state index in [0.717, 1.165) is 38.5 Å². The molecule has 4 rings (SSSR count). The van der Waals surface area contributed by atoms with Crippen LogP contribution in [0.1, 0.15) is 59.3 Å². The summed E-state index contributed by atoms with van der Waals surface area (Å²) in [6.45, 7) is 6.17. The van der Waals surface area contributed by atoms with E-state index >= 15 is 0 Å². The predicted molar refractivity (Wildman–Crippen MR) is 90.2 cm³/mol. The van der Waals surface area contributed by atoms with Crippen LogP contribution < -0.4 is 0 Å². The Bertz CT molecular complexity index is 655. The lowest BCUT2D eigenvalue weighted by atomic mass is 9.79. The van der Waals surface area contributed by atoms with E-state index in [2.05, 4.69) is 12.1 Å². The van der Waals surface area contributed by atoms with E-state index in [1.165, 1.54) is 5.57 Å². The Morgan fingerprint density at radius 3 is 2.68 bits per heavy atom. The summed E-state index contributed by atoms with van der Waals surface area (Å²) >= 11 is 0. The monoisotopic (exact) mass is 345 g/mol. The maximum atomic E-state index is 12.8. The van der Waals surface area contributed by atoms with Crippen LogP contribution in [0.25, 0.3) is 0 Å². The smallest absolute Gasteiger partial charge is 0.327 e. The molecule has 3 aliphatic carbocycles. The third kappa shape index (κ3) is 2.04. The lowest BCUT2D eigenvalue weighted by molar-refractivity contribution is -0.148. The highest BCUT2D eigenvalue weighted by molar-refractivity contribution is 5.88. The molecule has 5 heteroatoms. The van der Waals surface area contributed by atoms with Crippen LogP contribution in [0.3, 0.4) is 0 Å². The zero-order valence-electron chi connectivity index (χ0n) is 15.3. The molecule has 0 aromatic rings. The summed E-state index contributed by atoms with van der Waals surface area (Å²) in [6.07, 6.45) is 7.76. The quantitative estimate of drug-likeness (QED) is 0.578. The third-order valence-corrected chi connectivity index (χ3v) is 6.97. The number of ether oxygens (including phenoxy) is 3. The first-order valence-electron chi connectivity index (χ1n) is 9.62. The number of carbonyl (C=O) groups is 1. The SMILES string of the molecule is CCOC(=O)C1(C#N)C2CCCCC21C1=CC2(CC1)OC(C)C(C)O2. The van der Waals surface area contributed by atoms with Gasteiger partial charge in [-0.25, -0.2) is 0 Å². The average Bonchev–Trinajstić information content (AvgIpc) is 2.83. The molecule has 5 nitrogen and oxygen atoms in total. The minimum atomic E-state index is -1.01. The number of hydrogen-bond acceptors (Lipinski definition) is 5. The predicted octanol–water partition coefficient (Wildman–Crippen LogP) is 3.49. The number of hydrogen-bond donors (Lipinski definition) is 0. The van der Waals surface area contributed by atoms with E-state index in [0.29, 0.717) is 6.61 Å². The molecule has 5 atom stereocenters. The van der Waals surface area contributed by atoms with Crippen molar-refractivity contribution in [2.45, 2.75) is 77.3 Å². The first-order valence-corrected chi connectivity index (χ1v) is 9.62. The molecule has 2 saturated carbocycles. The fourth-order valence-corrected chi connectivity index (χ4v) is 5.74. The van der Waals surface area contributed by atoms with Crippen LogP contribution in [0.15, 0.2) is 11.6 Å². The molecule has 1 aliphatic heterocycles. The van der Waals surface area contributed by atoms with Crippen molar-refractivity contribution in [1.82, 2.24) is 0 Å². The maximum absolute atomic E-state index is 12.8. The molecule has 0 amide bonds. The van der Waals surface area contributed by atoms with Gasteiger partial charge in [0.1, 0.15) is 0 Å². The summed E-state index contributed by atoms with van der Waals surface area (Å²) in [5.41, 5.74) is -0.183. The highest BCUT2D eigenvalue weighted by Crippen LogP contribution is 2.79. The zero-order valence-corrected chi connectivity index (χ0v) is 15.3. The molecule has 0 aromatic carbocycles. The number of nitriles is 1. The van der Waals surface area contributed by atoms with Crippen molar-refractivity contribution in [3.63, 3.8) is 0 Å². The maximum Gasteiger partial charge on any atom is 0.327 e. The molecule has 0 bridgehead atoms. The Morgan fingerprint density at radius 2 is 2.04 bits per heavy atom. The summed E-state index contributed by atoms with van der Waals surface area (Å²) in [4.78, 5) is 12.8. The van der Waals surface area contributed by atoms with Gasteiger partial charge in [-0.05, 0) is 46.1 Å². The van der Waals surface area contributed by atoms with Gasteiger partial charge in [-0.15, -0.1) is 0 Å². The Morgan fingerprint density at radius 1 is 1.32 bits per heavy atom. The molecule has 1 spiro atoms. The molecule has 0 radical (unpaired) electrons. The van der Waals surface area contributed by atoms with E-state index in [1.54, 1.807) is 6.92 Å². The molecule has 136 valence electrons. The summed E-state index contributed by atoms with van der Waals surface area (Å²) < 4.78 is 17.6. The minimum absolute atomic E-state index is 0.0558. The first-order chi connectivity index (χ1) is 12.0. The number of esters is 1. The van der Waals surface area contributed by atoms with Crippen LogP contribution in [-0.2, 0) is 19.0 Å². The largest absolute Gasteiger partial charge is 0.465 e. The summed E-state index contributed by atoms with van der Waals surface area (Å²) in [5, 5.41) is 10.0. The van der Waals surface area contributed by atoms with E-state index in [1.807, 2.05) is 13.8 Å². The summed E-state index contributed by atoms with van der Waals surface area (Å²) in [7, 11) is 0. The Balaban J connectivity index is 1.71. The van der Waals surface area contributed by atoms with Crippen LogP contribution in [0, 0.1) is 28.1 Å². The Hall–Kier alpha value is -1.38. The number of nitrogens with zero attached hydrogens (tertiary/aromatic N) is 1. The fraction of sp³-hybridized carbons (Fsp3) is 0.800. The van der Waals surface area contributed by atoms with E-state index < -0.39 is 11.2 Å². The van der Waals surface area contributed by atoms with Crippen LogP contribution in [-0.4, -0.2) is 30.6 Å². The van der Waals surface area contributed by atoms with Gasteiger partial charge >= 0.3 is 5.97 Å². The van der Waals surface area contributed by atoms with E-state index in [4.69, 9.17) is 14.2 Å². The van der Waals surface area contributed by atoms with Gasteiger partial charge in [0, 0.05) is 17.8 Å². The molecule has 25 heavy (non-hydrogen) atoms. The Kier molecular flexibility index (Phi) is 3.79. The molecular weight excluding hydrogens is 318 g/mol. The topological polar surface area (TPSA) is 68.6 Å². The van der Waals surface area contributed by atoms with E-state index in [-0.39, 0.29) is 29.5 Å². The normalized spacial score (nSPS) is 47.9. The highest BCUT2D eigenvalue weighted by atomic mass is 16.8. The van der Waals surface area contributed by atoms with Crippen molar-refractivity contribution in [2.24, 2.45) is 16.7 Å². The third-order valence-electron chi connectivity index (χ3n) is 6.97. The zero-order chi connectivity index (χ0) is 17.9. The van der Waals surface area contributed by atoms with Crippen molar-refractivity contribution >= 4 is 5.97 Å². The van der Waals surface area contributed by atoms with Gasteiger partial charge in [-0.3, -0.25) is 4.79 Å². The standard InChI is InChI=1S/C20H27NO4/c1-4-23-17(22)20(12-21)16-7-5-6-9-19(16,20)15-8-10-18(11-15)24-13(2)14(3)25-18/h11,13-14,16H,4-10H2,1-3H3. The second-order valence-corrected chi connectivity index (χ2v) is 8.04. The van der Waals surface area contributed by atoms with Crippen LogP contribution in [0.5, 0.6) is 0 Å². The van der Waals surface area contributed by atoms with Crippen molar-refractivity contribution in [2.75, 3.05) is 6.61 Å². The van der Waals surface area contributed by atoms with Crippen LogP contribution in [0.4, 0.5) is 0 Å². The molecule has 0 aromatic heterocycles. The highest BCUT2D eigenvalue weighted by Gasteiger charge is 2.83. The molecule has 0 N–H and O–H groups in total. The lowest BCUT2D eigenvalue weighted by Gasteiger charge is -2.24. The van der Waals surface area contributed by atoms with E-state index in [9.17, 15) is 10.1 Å². The Labute approximate surface area is 149 Å². The fourth-order valence-electron chi connectivity index (χ4n) is 5.74. The van der Waals surface area contributed by atoms with Crippen LogP contribution >= 0.6 is 0 Å². The van der Waals surface area contributed by atoms with Crippen molar-refractivity contribution in [1.29, 1.82) is 5.26 Å². The number of rotatable bonds is 3. The van der Waals surface area contributed by atoms with Gasteiger partial charge < -0.3 is 14.2 Å². The summed E-state index contributed by atoms with van der Waals surface area (Å²) in [5.74, 6) is -0.916. The van der Waals surface area contributed by atoms with Gasteiger partial charge in [0.2, 0.25) is 0 Å². The van der Waals surface area contributed by atoms with Gasteiger partial charge in [0.05, 0.1) is 24.9 Å². The number of carbonyl (C=O) groups excluding carboxylic acids is 1. The van der Waals surface area contributed by atoms with Crippen molar-refractivity contribution in [3.05, 3.63) is 11.6 Å². The molecule has 3 fully saturated rings. The molecular formula is C20H27NO4. The summed E-state index contributed by atoms with van der Waals surface area (Å²) in [6, 6.07) is 2.40. The number of allylic oxidation sites excluding steroid dienone is 1. The van der Waals surface area contributed by atoms with Crippen LogP contribution in [0.2, 0.25) is 0 Å². The average molecular weight is 345 g/mol. The molecule has 1 heterocycles. The van der Waals surface area contributed by atoms with Crippen molar-refractivity contribution < 1.29 is 19.0 Å². The minimum Gasteiger partial charge on any atom is -0.465 e. The second kappa shape index (κ2) is 5.56. The molecule has 1 saturated heterocycles. The first kappa shape index (κ1) is 17.1. The van der Waals surface area contributed by atoms with Crippen molar-refractivity contribution in [3.8, 4) is 6.07 Å². The second-order valence-electron chi connectivity index (χ2n) is 8.04. The van der Waals surface area contributed by atoms with Gasteiger partial charge in [-0.2, -0.15) is 5.26 Å². The van der Waals surface area contributed by atoms with Gasteiger partial charge in [0.25, 0.3) is 0 Å². The van der Waals surface area contributed by atoms with Gasteiger partial charge in [0.15, 0.2) is 11.2 Å². The molecule has 4 aliphatic rings. The molecule has 5 unspecified atom stereocenters. The lowest BCUT2D eigenvalue weighted by Crippen LogP contribution is -2.27.